The van der Waals surface area contributed by atoms with Crippen molar-refractivity contribution in [2.75, 3.05) is 10.6 Å². The first-order chi connectivity index (χ1) is 19.5. The van der Waals surface area contributed by atoms with Crippen molar-refractivity contribution in [3.63, 3.8) is 0 Å². The molecule has 0 radical (unpaired) electrons. The van der Waals surface area contributed by atoms with Gasteiger partial charge >= 0.3 is 6.09 Å². The van der Waals surface area contributed by atoms with Crippen LogP contribution in [0.1, 0.15) is 81.8 Å². The van der Waals surface area contributed by atoms with Crippen LogP contribution in [0.3, 0.4) is 0 Å². The molecule has 1 aliphatic carbocycles. The first kappa shape index (κ1) is 29.9. The van der Waals surface area contributed by atoms with E-state index in [1.165, 1.54) is 0 Å². The van der Waals surface area contributed by atoms with E-state index < -0.39 is 17.2 Å². The maximum absolute atomic E-state index is 13.6. The van der Waals surface area contributed by atoms with Gasteiger partial charge in [0.2, 0.25) is 0 Å². The normalized spacial score (nSPS) is 17.3. The monoisotopic (exact) mass is 557 g/mol. The van der Waals surface area contributed by atoms with Gasteiger partial charge in [0.05, 0.1) is 17.1 Å². The van der Waals surface area contributed by atoms with E-state index in [4.69, 9.17) is 9.72 Å². The van der Waals surface area contributed by atoms with Crippen LogP contribution >= 0.6 is 0 Å². The molecule has 3 aromatic rings. The molecule has 4 N–H and O–H groups in total. The van der Waals surface area contributed by atoms with Gasteiger partial charge in [-0.25, -0.2) is 9.78 Å². The number of aromatic nitrogens is 1. The molecule has 8 heteroatoms. The lowest BCUT2D eigenvalue weighted by atomic mass is 9.90. The van der Waals surface area contributed by atoms with Crippen molar-refractivity contribution in [1.82, 2.24) is 15.6 Å². The van der Waals surface area contributed by atoms with Crippen molar-refractivity contribution >= 4 is 23.6 Å². The quantitative estimate of drug-likeness (QED) is 0.236. The van der Waals surface area contributed by atoms with Gasteiger partial charge in [-0.2, -0.15) is 0 Å². The summed E-state index contributed by atoms with van der Waals surface area (Å²) in [5.41, 5.74) is 1.42. The van der Waals surface area contributed by atoms with Gasteiger partial charge in [0, 0.05) is 12.6 Å². The van der Waals surface area contributed by atoms with Crippen molar-refractivity contribution in [2.45, 2.75) is 90.1 Å². The minimum Gasteiger partial charge on any atom is -0.444 e. The number of rotatable bonds is 9. The van der Waals surface area contributed by atoms with Crippen LogP contribution in [0.15, 0.2) is 72.8 Å². The highest BCUT2D eigenvalue weighted by molar-refractivity contribution is 5.99. The summed E-state index contributed by atoms with van der Waals surface area (Å²) in [4.78, 5) is 30.9. The van der Waals surface area contributed by atoms with E-state index in [9.17, 15) is 9.59 Å². The molecule has 2 atom stereocenters. The van der Waals surface area contributed by atoms with Crippen LogP contribution in [0.5, 0.6) is 0 Å². The lowest BCUT2D eigenvalue weighted by Gasteiger charge is -2.34. The van der Waals surface area contributed by atoms with Crippen LogP contribution in [-0.4, -0.2) is 34.7 Å². The van der Waals surface area contributed by atoms with E-state index in [1.54, 1.807) is 6.07 Å². The molecule has 218 valence electrons. The number of hydrogen-bond donors (Lipinski definition) is 4. The number of pyridine rings is 1. The zero-order valence-electron chi connectivity index (χ0n) is 24.8. The summed E-state index contributed by atoms with van der Waals surface area (Å²) in [6, 6.07) is 23.4. The third-order valence-electron chi connectivity index (χ3n) is 7.17. The predicted molar refractivity (Wildman–Crippen MR) is 164 cm³/mol. The van der Waals surface area contributed by atoms with Crippen LogP contribution < -0.4 is 21.3 Å². The Labute approximate surface area is 243 Å². The molecule has 0 spiro atoms. The number of amides is 2. The zero-order chi connectivity index (χ0) is 29.5. The summed E-state index contributed by atoms with van der Waals surface area (Å²) in [7, 11) is 0. The lowest BCUT2D eigenvalue weighted by molar-refractivity contribution is 0.0488. The van der Waals surface area contributed by atoms with E-state index in [1.807, 2.05) is 101 Å². The molecule has 1 aromatic heterocycles. The summed E-state index contributed by atoms with van der Waals surface area (Å²) in [6.07, 6.45) is 3.42. The molecule has 8 nitrogen and oxygen atoms in total. The second-order valence-corrected chi connectivity index (χ2v) is 12.2. The van der Waals surface area contributed by atoms with Crippen molar-refractivity contribution < 1.29 is 14.3 Å². The van der Waals surface area contributed by atoms with E-state index in [0.717, 1.165) is 36.8 Å². The molecule has 2 aromatic carbocycles. The average molecular weight is 558 g/mol. The molecule has 1 fully saturated rings. The Morgan fingerprint density at radius 2 is 1.49 bits per heavy atom. The molecule has 0 saturated heterocycles. The molecular formula is C33H43N5O3. The minimum absolute atomic E-state index is 0.0116. The van der Waals surface area contributed by atoms with Gasteiger partial charge in [-0.3, -0.25) is 4.79 Å². The number of alkyl carbamates (subject to hydrolysis) is 1. The molecule has 41 heavy (non-hydrogen) atoms. The predicted octanol–water partition coefficient (Wildman–Crippen LogP) is 6.61. The molecule has 4 rings (SSSR count). The van der Waals surface area contributed by atoms with Crippen molar-refractivity contribution in [3.05, 3.63) is 89.5 Å². The van der Waals surface area contributed by atoms with Crippen molar-refractivity contribution in [3.8, 4) is 0 Å². The van der Waals surface area contributed by atoms with Crippen LogP contribution in [0, 0.1) is 0 Å². The highest BCUT2D eigenvalue weighted by Crippen LogP contribution is 2.26. The fourth-order valence-corrected chi connectivity index (χ4v) is 5.04. The highest BCUT2D eigenvalue weighted by Gasteiger charge is 2.29. The number of nitrogens with one attached hydrogen (secondary N) is 4. The molecule has 1 heterocycles. The van der Waals surface area contributed by atoms with E-state index in [2.05, 4.69) is 21.3 Å². The van der Waals surface area contributed by atoms with Gasteiger partial charge in [0.1, 0.15) is 17.2 Å². The Morgan fingerprint density at radius 1 is 0.854 bits per heavy atom. The third-order valence-corrected chi connectivity index (χ3v) is 7.17. The minimum atomic E-state index is -0.575. The van der Waals surface area contributed by atoms with Crippen LogP contribution in [-0.2, 0) is 16.8 Å². The van der Waals surface area contributed by atoms with E-state index in [-0.39, 0.29) is 18.0 Å². The molecule has 0 aliphatic heterocycles. The Bertz CT molecular complexity index is 1310. The molecule has 2 amide bonds. The zero-order valence-corrected chi connectivity index (χ0v) is 24.8. The molecule has 0 bridgehead atoms. The molecule has 1 saturated carbocycles. The summed E-state index contributed by atoms with van der Waals surface area (Å²) in [6.45, 7) is 10.1. The maximum Gasteiger partial charge on any atom is 0.407 e. The first-order valence-corrected chi connectivity index (χ1v) is 14.4. The lowest BCUT2D eigenvalue weighted by Crippen LogP contribution is -2.49. The number of carbonyl (C=O) groups excluding carboxylic acids is 2. The Balaban J connectivity index is 1.54. The smallest absolute Gasteiger partial charge is 0.407 e. The molecule has 1 aliphatic rings. The Hall–Kier alpha value is -4.07. The van der Waals surface area contributed by atoms with Crippen LogP contribution in [0.2, 0.25) is 0 Å². The summed E-state index contributed by atoms with van der Waals surface area (Å²) >= 11 is 0. The third kappa shape index (κ3) is 8.71. The number of nitrogens with zero attached hydrogens (tertiary/aromatic N) is 1. The molecular weight excluding hydrogens is 514 g/mol. The van der Waals surface area contributed by atoms with Crippen LogP contribution in [0.4, 0.5) is 16.4 Å². The largest absolute Gasteiger partial charge is 0.444 e. The standard InChI is InChI=1S/C33H43N5O3/c1-32(2,3)41-31(40)36-27-19-13-12-18-26(27)35-28-21-20-25(29(37-28)34-22-23-14-8-6-9-15-23)30(39)38-33(4,5)24-16-10-7-11-17-24/h6-11,14-17,20-21,26-27H,12-13,18-19,22H2,1-5H3,(H,36,40)(H,38,39)(H2,34,35,37)/t26-,27+/m0/s1. The number of ether oxygens (including phenoxy) is 1. The Kier molecular flexibility index (Phi) is 9.53. The van der Waals surface area contributed by atoms with Gasteiger partial charge in [0.15, 0.2) is 0 Å². The van der Waals surface area contributed by atoms with Gasteiger partial charge in [-0.1, -0.05) is 73.5 Å². The van der Waals surface area contributed by atoms with Crippen molar-refractivity contribution in [1.29, 1.82) is 0 Å². The Morgan fingerprint density at radius 3 is 2.15 bits per heavy atom. The summed E-state index contributed by atoms with van der Waals surface area (Å²) in [5, 5.41) is 13.1. The van der Waals surface area contributed by atoms with E-state index in [0.29, 0.717) is 23.7 Å². The van der Waals surface area contributed by atoms with Gasteiger partial charge in [-0.05, 0) is 70.7 Å². The number of anilines is 2. The second-order valence-electron chi connectivity index (χ2n) is 12.2. The first-order valence-electron chi connectivity index (χ1n) is 14.4. The van der Waals surface area contributed by atoms with Crippen molar-refractivity contribution in [2.24, 2.45) is 0 Å². The summed E-state index contributed by atoms with van der Waals surface area (Å²) < 4.78 is 5.50. The number of benzene rings is 2. The number of carbonyl (C=O) groups is 2. The van der Waals surface area contributed by atoms with Gasteiger partial charge < -0.3 is 26.0 Å². The van der Waals surface area contributed by atoms with Gasteiger partial charge in [-0.15, -0.1) is 0 Å². The molecule has 0 unspecified atom stereocenters. The maximum atomic E-state index is 13.6. The van der Waals surface area contributed by atoms with E-state index >= 15 is 0 Å². The fraction of sp³-hybridized carbons (Fsp3) is 0.424. The second kappa shape index (κ2) is 13.1. The van der Waals surface area contributed by atoms with Gasteiger partial charge in [0.25, 0.3) is 5.91 Å². The average Bonchev–Trinajstić information content (AvgIpc) is 2.93. The topological polar surface area (TPSA) is 104 Å². The fourth-order valence-electron chi connectivity index (χ4n) is 5.04. The SMILES string of the molecule is CC(C)(C)OC(=O)N[C@@H]1CCCC[C@@H]1Nc1ccc(C(=O)NC(C)(C)c2ccccc2)c(NCc2ccccc2)n1. The summed E-state index contributed by atoms with van der Waals surface area (Å²) in [5.74, 6) is 0.922. The highest BCUT2D eigenvalue weighted by atomic mass is 16.6. The number of hydrogen-bond acceptors (Lipinski definition) is 6. The van der Waals surface area contributed by atoms with Crippen LogP contribution in [0.25, 0.3) is 0 Å².